The minimum absolute atomic E-state index is 0.0255. The minimum Gasteiger partial charge on any atom is -0.466 e. The first-order valence-corrected chi connectivity index (χ1v) is 24.8. The molecule has 0 saturated carbocycles. The second-order valence-corrected chi connectivity index (χ2v) is 16.4. The van der Waals surface area contributed by atoms with E-state index in [0.717, 1.165) is 18.1 Å². The number of aryl methyl sites for hydroxylation is 1. The summed E-state index contributed by atoms with van der Waals surface area (Å²) in [6.07, 6.45) is 4.03. The fourth-order valence-corrected chi connectivity index (χ4v) is 3.23. The summed E-state index contributed by atoms with van der Waals surface area (Å²) in [4.78, 5) is 79.5. The van der Waals surface area contributed by atoms with Crippen molar-refractivity contribution in [2.24, 2.45) is 0 Å². The lowest BCUT2D eigenvalue weighted by Gasteiger charge is -2.01. The topological polar surface area (TPSA) is 279 Å². The molecule has 20 nitrogen and oxygen atoms in total. The molecule has 0 spiro atoms. The van der Waals surface area contributed by atoms with Crippen LogP contribution < -0.4 is 0 Å². The molecule has 0 saturated heterocycles. The Labute approximate surface area is 396 Å². The highest BCUT2D eigenvalue weighted by Gasteiger charge is 2.04. The molecule has 22 heteroatoms. The number of hydrogen-bond donors (Lipinski definition) is 0. The van der Waals surface area contributed by atoms with Crippen LogP contribution in [0.2, 0.25) is 0 Å². The molecular weight excluding hydrogens is 913 g/mol. The molecule has 66 heavy (non-hydrogen) atoms. The van der Waals surface area contributed by atoms with E-state index in [-0.39, 0.29) is 53.9 Å². The summed E-state index contributed by atoms with van der Waals surface area (Å²) >= 11 is 0. The average molecular weight is 997 g/mol. The van der Waals surface area contributed by atoms with Gasteiger partial charge in [0.15, 0.2) is 9.84 Å². The van der Waals surface area contributed by atoms with Crippen molar-refractivity contribution in [1.29, 1.82) is 0 Å². The van der Waals surface area contributed by atoms with Crippen LogP contribution in [0.15, 0.2) is 29.2 Å². The summed E-state index contributed by atoms with van der Waals surface area (Å²) in [5, 5.41) is 0. The van der Waals surface area contributed by atoms with E-state index in [1.54, 1.807) is 79.7 Å². The van der Waals surface area contributed by atoms with E-state index >= 15 is 0 Å². The van der Waals surface area contributed by atoms with Crippen molar-refractivity contribution in [3.05, 3.63) is 29.8 Å². The zero-order valence-corrected chi connectivity index (χ0v) is 45.2. The van der Waals surface area contributed by atoms with Crippen molar-refractivity contribution in [2.45, 2.75) is 142 Å². The molecule has 392 valence electrons. The fraction of sp³-hybridized carbons (Fsp3) is 0.682. The molecule has 0 aromatic heterocycles. The summed E-state index contributed by atoms with van der Waals surface area (Å²) < 4.78 is 76.7. The van der Waals surface area contributed by atoms with Crippen LogP contribution in [0.5, 0.6) is 0 Å². The van der Waals surface area contributed by atoms with Crippen molar-refractivity contribution in [3.63, 3.8) is 0 Å². The molecule has 0 unspecified atom stereocenters. The van der Waals surface area contributed by atoms with E-state index in [1.165, 1.54) is 54.7 Å². The molecule has 0 aliphatic heterocycles. The molecule has 0 amide bonds. The molecule has 0 fully saturated rings. The predicted molar refractivity (Wildman–Crippen MR) is 253 cm³/mol. The van der Waals surface area contributed by atoms with Crippen molar-refractivity contribution in [3.8, 4) is 0 Å². The lowest BCUT2D eigenvalue weighted by Crippen LogP contribution is -2.06. The van der Waals surface area contributed by atoms with Gasteiger partial charge in [-0.2, -0.15) is 0 Å². The zero-order valence-electron chi connectivity index (χ0n) is 43.5. The first kappa shape index (κ1) is 81.1. The van der Waals surface area contributed by atoms with Crippen molar-refractivity contribution in [2.75, 3.05) is 65.0 Å². The molecule has 0 atom stereocenters. The smallest absolute Gasteiger partial charge is 0.305 e. The number of hydrogen-bond acceptors (Lipinski definition) is 20. The van der Waals surface area contributed by atoms with E-state index in [9.17, 15) is 55.2 Å². The van der Waals surface area contributed by atoms with E-state index in [1.807, 2.05) is 20.8 Å². The molecule has 0 aliphatic carbocycles. The molecule has 0 radical (unpaired) electrons. The normalized spacial score (nSPS) is 8.82. The van der Waals surface area contributed by atoms with Gasteiger partial charge in [-0.25, -0.2) is 16.8 Å². The first-order valence-electron chi connectivity index (χ1n) is 20.6. The molecule has 0 heterocycles. The molecule has 0 bridgehead atoms. The Balaban J connectivity index is -0.0000000789. The first-order chi connectivity index (χ1) is 30.1. The van der Waals surface area contributed by atoms with Gasteiger partial charge in [-0.05, 0) is 81.4 Å². The molecule has 1 aromatic carbocycles. The maximum atomic E-state index is 10.9. The fourth-order valence-electron chi connectivity index (χ4n) is 2.60. The van der Waals surface area contributed by atoms with Crippen LogP contribution in [0, 0.1) is 6.92 Å². The number of benzene rings is 1. The minimum atomic E-state index is -3.02. The molecule has 0 N–H and O–H groups in total. The van der Waals surface area contributed by atoms with Crippen LogP contribution in [0.1, 0.15) is 130 Å². The van der Waals surface area contributed by atoms with E-state index in [4.69, 9.17) is 0 Å². The van der Waals surface area contributed by atoms with Crippen LogP contribution >= 0.6 is 0 Å². The van der Waals surface area contributed by atoms with Crippen LogP contribution in [-0.2, 0) is 95.9 Å². The number of sulfone groups is 2. The summed E-state index contributed by atoms with van der Waals surface area (Å²) in [7, 11) is -5.69. The third-order valence-electron chi connectivity index (χ3n) is 4.53. The summed E-state index contributed by atoms with van der Waals surface area (Å²) in [5.41, 5.74) is 1.07. The Hall–Kier alpha value is -5.12. The largest absolute Gasteiger partial charge is 0.466 e. The Morgan fingerprint density at radius 2 is 0.636 bits per heavy atom. The van der Waals surface area contributed by atoms with Crippen LogP contribution in [0.4, 0.5) is 0 Å². The van der Waals surface area contributed by atoms with E-state index in [0.29, 0.717) is 57.6 Å². The zero-order chi connectivity index (χ0) is 54.5. The third kappa shape index (κ3) is 137. The molecular formula is C44H84O20S2. The number of carbonyl (C=O) groups excluding carboxylic acids is 8. The van der Waals surface area contributed by atoms with E-state index < -0.39 is 19.7 Å². The SMILES string of the molecule is CC(=O)OC(C)C.CCOC(=O)CC.CCOC(C)=O.CCOC(C)=O.CCOC(C)=O.CCOC(C)=O.CCOC(C)=O.CCOC(C)=O.CS(C)(=O)=O.Cc1ccc(S(C)(=O)=O)cc1. The van der Waals surface area contributed by atoms with Gasteiger partial charge in [0.25, 0.3) is 0 Å². The standard InChI is InChI=1S/C8H10O2S.2C5H10O2.6C4H8O2.C2H6O2S/c1-7-3-5-8(6-4-7)11(2,9)10;1-4(2)7-5(3)6;1-3-5(6)7-4-2;6*1-3-6-4(2)5;1-5(2,3)4/h3-6H,1-2H3;4H,1-3H3;3-4H2,1-2H3;6*3H2,1-2H3;1-2H3. The lowest BCUT2D eigenvalue weighted by atomic mass is 10.2. The van der Waals surface area contributed by atoms with Gasteiger partial charge in [0, 0.05) is 73.7 Å². The van der Waals surface area contributed by atoms with E-state index in [2.05, 4.69) is 37.9 Å². The van der Waals surface area contributed by atoms with Gasteiger partial charge in [-0.1, -0.05) is 24.6 Å². The van der Waals surface area contributed by atoms with Gasteiger partial charge >= 0.3 is 47.8 Å². The number of rotatable bonds is 10. The number of ether oxygens (including phenoxy) is 8. The van der Waals surface area contributed by atoms with Crippen LogP contribution in [0.25, 0.3) is 0 Å². The molecule has 1 rings (SSSR count). The maximum absolute atomic E-state index is 10.9. The van der Waals surface area contributed by atoms with Gasteiger partial charge in [-0.3, -0.25) is 38.4 Å². The molecule has 0 aliphatic rings. The Bertz CT molecular complexity index is 1460. The van der Waals surface area contributed by atoms with Gasteiger partial charge in [0.05, 0.1) is 57.2 Å². The van der Waals surface area contributed by atoms with Crippen molar-refractivity contribution < 1.29 is 93.1 Å². The van der Waals surface area contributed by atoms with Gasteiger partial charge in [-0.15, -0.1) is 0 Å². The molecule has 1 aromatic rings. The second-order valence-electron chi connectivity index (χ2n) is 12.1. The second kappa shape index (κ2) is 57.9. The van der Waals surface area contributed by atoms with Gasteiger partial charge < -0.3 is 37.9 Å². The highest BCUT2D eigenvalue weighted by Crippen LogP contribution is 2.08. The van der Waals surface area contributed by atoms with Crippen molar-refractivity contribution >= 4 is 67.4 Å². The van der Waals surface area contributed by atoms with Crippen LogP contribution in [0.3, 0.4) is 0 Å². The average Bonchev–Trinajstić information content (AvgIpc) is 3.12. The number of esters is 8. The lowest BCUT2D eigenvalue weighted by molar-refractivity contribution is -0.145. The highest BCUT2D eigenvalue weighted by molar-refractivity contribution is 7.90. The van der Waals surface area contributed by atoms with Crippen LogP contribution in [-0.4, -0.2) is 136 Å². The number of carbonyl (C=O) groups is 8. The summed E-state index contributed by atoms with van der Waals surface area (Å²) in [5.74, 6) is -1.60. The Morgan fingerprint density at radius 1 is 0.424 bits per heavy atom. The van der Waals surface area contributed by atoms with Crippen molar-refractivity contribution in [1.82, 2.24) is 0 Å². The third-order valence-corrected chi connectivity index (χ3v) is 5.66. The monoisotopic (exact) mass is 996 g/mol. The van der Waals surface area contributed by atoms with Gasteiger partial charge in [0.1, 0.15) is 9.84 Å². The maximum Gasteiger partial charge on any atom is 0.305 e. The summed E-state index contributed by atoms with van der Waals surface area (Å²) in [6, 6.07) is 6.81. The predicted octanol–water partition coefficient (Wildman–Crippen LogP) is 6.39. The highest BCUT2D eigenvalue weighted by atomic mass is 32.2. The summed E-state index contributed by atoms with van der Waals surface area (Å²) in [6.45, 7) is 33.0. The Morgan fingerprint density at radius 3 is 0.712 bits per heavy atom. The quantitative estimate of drug-likeness (QED) is 0.181. The Kier molecular flexibility index (Phi) is 71.1. The van der Waals surface area contributed by atoms with Gasteiger partial charge in [0.2, 0.25) is 0 Å².